The number of hydrogen-bond acceptors (Lipinski definition) is 3. The van der Waals surface area contributed by atoms with Crippen molar-refractivity contribution in [2.24, 2.45) is 18.7 Å². The van der Waals surface area contributed by atoms with Gasteiger partial charge in [-0.2, -0.15) is 5.10 Å². The van der Waals surface area contributed by atoms with Gasteiger partial charge in [0.15, 0.2) is 0 Å². The van der Waals surface area contributed by atoms with Crippen LogP contribution in [0.4, 0.5) is 0 Å². The van der Waals surface area contributed by atoms with Crippen LogP contribution < -0.4 is 11.1 Å². The number of hydrogen-bond donors (Lipinski definition) is 2. The van der Waals surface area contributed by atoms with E-state index in [1.165, 1.54) is 0 Å². The van der Waals surface area contributed by atoms with E-state index in [2.05, 4.69) is 10.4 Å². The molecule has 0 saturated heterocycles. The molecule has 1 aromatic heterocycles. The maximum atomic E-state index is 12.0. The summed E-state index contributed by atoms with van der Waals surface area (Å²) in [6, 6.07) is -0.183. The summed E-state index contributed by atoms with van der Waals surface area (Å²) < 4.78 is 1.67. The molecule has 1 atom stereocenters. The van der Waals surface area contributed by atoms with Crippen LogP contribution in [-0.4, -0.2) is 26.7 Å². The second-order valence-electron chi connectivity index (χ2n) is 4.46. The second-order valence-corrected chi connectivity index (χ2v) is 4.93. The van der Waals surface area contributed by atoms with Crippen LogP contribution in [0, 0.1) is 12.8 Å². The van der Waals surface area contributed by atoms with Crippen molar-refractivity contribution < 1.29 is 4.79 Å². The van der Waals surface area contributed by atoms with Gasteiger partial charge in [-0.3, -0.25) is 9.48 Å². The number of rotatable bonds is 4. The molecule has 1 unspecified atom stereocenters. The van der Waals surface area contributed by atoms with Gasteiger partial charge in [-0.1, -0.05) is 12.2 Å². The van der Waals surface area contributed by atoms with Gasteiger partial charge in [0.25, 0.3) is 5.91 Å². The Hall–Kier alpha value is -1.43. The van der Waals surface area contributed by atoms with Gasteiger partial charge >= 0.3 is 0 Å². The van der Waals surface area contributed by atoms with Gasteiger partial charge in [0.2, 0.25) is 0 Å². The Morgan fingerprint density at radius 1 is 1.71 bits per heavy atom. The van der Waals surface area contributed by atoms with E-state index in [1.54, 1.807) is 17.9 Å². The number of nitrogens with zero attached hydrogens (tertiary/aromatic N) is 2. The van der Waals surface area contributed by atoms with E-state index in [0.29, 0.717) is 16.5 Å². The zero-order valence-corrected chi connectivity index (χ0v) is 10.8. The van der Waals surface area contributed by atoms with Crippen LogP contribution in [0.1, 0.15) is 28.9 Å². The summed E-state index contributed by atoms with van der Waals surface area (Å²) in [5.74, 6) is 0.258. The molecule has 3 N–H and O–H groups in total. The highest BCUT2D eigenvalue weighted by Crippen LogP contribution is 2.32. The lowest BCUT2D eigenvalue weighted by molar-refractivity contribution is 0.0943. The minimum absolute atomic E-state index is 0.152. The Balaban J connectivity index is 2.10. The van der Waals surface area contributed by atoms with Gasteiger partial charge < -0.3 is 11.1 Å². The van der Waals surface area contributed by atoms with E-state index in [9.17, 15) is 4.79 Å². The van der Waals surface area contributed by atoms with E-state index in [0.717, 1.165) is 18.5 Å². The van der Waals surface area contributed by atoms with Crippen LogP contribution in [0.2, 0.25) is 0 Å². The number of carbonyl (C=O) groups excluding carboxylic acids is 1. The number of aryl methyl sites for hydroxylation is 1. The van der Waals surface area contributed by atoms with Crippen LogP contribution in [0.15, 0.2) is 6.20 Å². The number of aromatic nitrogens is 2. The molecule has 2 rings (SSSR count). The highest BCUT2D eigenvalue weighted by Gasteiger charge is 2.34. The third kappa shape index (κ3) is 2.46. The molecule has 1 fully saturated rings. The van der Waals surface area contributed by atoms with Gasteiger partial charge in [0.1, 0.15) is 0 Å². The monoisotopic (exact) mass is 252 g/mol. The molecular weight excluding hydrogens is 236 g/mol. The topological polar surface area (TPSA) is 72.9 Å². The van der Waals surface area contributed by atoms with Gasteiger partial charge in [0.05, 0.1) is 22.8 Å². The van der Waals surface area contributed by atoms with Crippen molar-refractivity contribution in [2.45, 2.75) is 25.8 Å². The molecule has 6 heteroatoms. The molecule has 5 nitrogen and oxygen atoms in total. The third-order valence-electron chi connectivity index (χ3n) is 3.17. The normalized spacial score (nSPS) is 16.6. The predicted octanol–water partition coefficient (Wildman–Crippen LogP) is 0.523. The van der Waals surface area contributed by atoms with Crippen molar-refractivity contribution in [3.63, 3.8) is 0 Å². The molecule has 0 radical (unpaired) electrons. The highest BCUT2D eigenvalue weighted by molar-refractivity contribution is 7.80. The fourth-order valence-corrected chi connectivity index (χ4v) is 2.04. The molecule has 1 amide bonds. The number of nitrogens with two attached hydrogens (primary N) is 1. The highest BCUT2D eigenvalue weighted by atomic mass is 32.1. The van der Waals surface area contributed by atoms with Crippen molar-refractivity contribution in [1.29, 1.82) is 0 Å². The molecule has 92 valence electrons. The maximum Gasteiger partial charge on any atom is 0.255 e. The lowest BCUT2D eigenvalue weighted by atomic mass is 10.1. The number of nitrogens with one attached hydrogen (secondary N) is 1. The molecule has 0 aromatic carbocycles. The molecule has 1 aliphatic carbocycles. The van der Waals surface area contributed by atoms with Gasteiger partial charge in [0, 0.05) is 12.7 Å². The summed E-state index contributed by atoms with van der Waals surface area (Å²) in [5, 5.41) is 6.93. The molecule has 0 aliphatic heterocycles. The Morgan fingerprint density at radius 3 is 2.76 bits per heavy atom. The maximum absolute atomic E-state index is 12.0. The first-order chi connectivity index (χ1) is 8.00. The standard InChI is InChI=1S/C11H16N4OS/c1-6-8(5-13-15(6)2)11(16)14-9(10(12)17)7-3-4-7/h5,7,9H,3-4H2,1-2H3,(H2,12,17)(H,14,16). The Kier molecular flexibility index (Phi) is 3.15. The molecule has 17 heavy (non-hydrogen) atoms. The van der Waals surface area contributed by atoms with Crippen molar-refractivity contribution in [3.05, 3.63) is 17.5 Å². The first-order valence-electron chi connectivity index (χ1n) is 5.59. The fraction of sp³-hybridized carbons (Fsp3) is 0.545. The number of carbonyl (C=O) groups is 1. The van der Waals surface area contributed by atoms with E-state index >= 15 is 0 Å². The lowest BCUT2D eigenvalue weighted by Gasteiger charge is -2.16. The first-order valence-corrected chi connectivity index (χ1v) is 6.00. The predicted molar refractivity (Wildman–Crippen MR) is 68.7 cm³/mol. The SMILES string of the molecule is Cc1c(C(=O)NC(C(N)=S)C2CC2)cnn1C. The quantitative estimate of drug-likeness (QED) is 0.766. The minimum Gasteiger partial charge on any atom is -0.392 e. The Labute approximate surface area is 105 Å². The molecule has 0 spiro atoms. The molecular formula is C11H16N4OS. The zero-order chi connectivity index (χ0) is 12.6. The van der Waals surface area contributed by atoms with Crippen molar-refractivity contribution in [1.82, 2.24) is 15.1 Å². The minimum atomic E-state index is -0.183. The average Bonchev–Trinajstić information content (AvgIpc) is 3.04. The summed E-state index contributed by atoms with van der Waals surface area (Å²) >= 11 is 4.98. The summed E-state index contributed by atoms with van der Waals surface area (Å²) in [5.41, 5.74) is 7.05. The second kappa shape index (κ2) is 4.44. The average molecular weight is 252 g/mol. The summed E-state index contributed by atoms with van der Waals surface area (Å²) in [4.78, 5) is 12.4. The molecule has 1 aliphatic rings. The zero-order valence-electron chi connectivity index (χ0n) is 9.93. The van der Waals surface area contributed by atoms with Crippen molar-refractivity contribution in [3.8, 4) is 0 Å². The first kappa shape index (κ1) is 12.0. The van der Waals surface area contributed by atoms with Gasteiger partial charge in [-0.15, -0.1) is 0 Å². The molecule has 1 heterocycles. The molecule has 1 saturated carbocycles. The summed E-state index contributed by atoms with van der Waals surface area (Å²) in [7, 11) is 1.80. The van der Waals surface area contributed by atoms with E-state index < -0.39 is 0 Å². The third-order valence-corrected chi connectivity index (χ3v) is 3.42. The summed E-state index contributed by atoms with van der Waals surface area (Å²) in [6.07, 6.45) is 3.72. The van der Waals surface area contributed by atoms with Crippen LogP contribution in [0.25, 0.3) is 0 Å². The Bertz CT molecular complexity index is 464. The number of amides is 1. The van der Waals surface area contributed by atoms with Crippen LogP contribution in [0.5, 0.6) is 0 Å². The van der Waals surface area contributed by atoms with Crippen LogP contribution >= 0.6 is 12.2 Å². The van der Waals surface area contributed by atoms with Crippen molar-refractivity contribution >= 4 is 23.1 Å². The van der Waals surface area contributed by atoms with Crippen LogP contribution in [0.3, 0.4) is 0 Å². The van der Waals surface area contributed by atoms with E-state index in [4.69, 9.17) is 18.0 Å². The van der Waals surface area contributed by atoms with Gasteiger partial charge in [-0.25, -0.2) is 0 Å². The fourth-order valence-electron chi connectivity index (χ4n) is 1.79. The summed E-state index contributed by atoms with van der Waals surface area (Å²) in [6.45, 7) is 1.86. The largest absolute Gasteiger partial charge is 0.392 e. The van der Waals surface area contributed by atoms with Crippen molar-refractivity contribution in [2.75, 3.05) is 0 Å². The molecule has 1 aromatic rings. The number of thiocarbonyl (C=S) groups is 1. The Morgan fingerprint density at radius 2 is 2.35 bits per heavy atom. The van der Waals surface area contributed by atoms with Gasteiger partial charge in [-0.05, 0) is 25.7 Å². The smallest absolute Gasteiger partial charge is 0.255 e. The van der Waals surface area contributed by atoms with E-state index in [-0.39, 0.29) is 11.9 Å². The lowest BCUT2D eigenvalue weighted by Crippen LogP contribution is -2.45. The van der Waals surface area contributed by atoms with E-state index in [1.807, 2.05) is 6.92 Å². The molecule has 0 bridgehead atoms. The van der Waals surface area contributed by atoms with Crippen LogP contribution in [-0.2, 0) is 7.05 Å².